The molecule has 0 bridgehead atoms. The number of terminal acetylenes is 1. The number of Topliss-reactive ketones (excluding diaryl/α,β-unsaturated/α-hetero) is 1. The van der Waals surface area contributed by atoms with Gasteiger partial charge in [-0.2, -0.15) is 0 Å². The van der Waals surface area contributed by atoms with Gasteiger partial charge in [-0.05, 0) is 37.3 Å². The lowest BCUT2D eigenvalue weighted by Gasteiger charge is -2.21. The van der Waals surface area contributed by atoms with Crippen LogP contribution in [0.4, 0.5) is 5.69 Å². The first-order valence-electron chi connectivity index (χ1n) is 8.34. The van der Waals surface area contributed by atoms with Crippen molar-refractivity contribution in [2.75, 3.05) is 18.1 Å². The molecule has 0 saturated carbocycles. The Morgan fingerprint density at radius 1 is 1.23 bits per heavy atom. The van der Waals surface area contributed by atoms with Crippen molar-refractivity contribution in [3.8, 4) is 18.1 Å². The Kier molecular flexibility index (Phi) is 4.79. The van der Waals surface area contributed by atoms with Crippen LogP contribution < -0.4 is 9.64 Å². The number of para-hydroxylation sites is 1. The molecule has 5 heteroatoms. The lowest BCUT2D eigenvalue weighted by molar-refractivity contribution is -0.135. The molecule has 2 aromatic carbocycles. The molecule has 0 spiro atoms. The summed E-state index contributed by atoms with van der Waals surface area (Å²) in [6.07, 6.45) is 4.99. The number of hydrogen-bond donors (Lipinski definition) is 1. The number of carbonyl (C=O) groups excluding carboxylic acids is 2. The van der Waals surface area contributed by atoms with Crippen molar-refractivity contribution in [2.45, 2.75) is 18.9 Å². The van der Waals surface area contributed by atoms with Crippen molar-refractivity contribution in [1.29, 1.82) is 0 Å². The number of anilines is 1. The maximum absolute atomic E-state index is 12.8. The van der Waals surface area contributed by atoms with E-state index in [9.17, 15) is 14.7 Å². The Hall–Kier alpha value is -3.10. The molecule has 0 fully saturated rings. The number of benzene rings is 2. The zero-order valence-corrected chi connectivity index (χ0v) is 14.4. The van der Waals surface area contributed by atoms with Gasteiger partial charge in [0.1, 0.15) is 5.75 Å². The van der Waals surface area contributed by atoms with Crippen molar-refractivity contribution in [3.63, 3.8) is 0 Å². The van der Waals surface area contributed by atoms with E-state index in [4.69, 9.17) is 11.2 Å². The number of hydrogen-bond acceptors (Lipinski definition) is 4. The SMILES string of the molecule is C#CCN1C(=O)C(O)(CC(=O)c2ccc(OCC)cc2)c2ccccc21. The van der Waals surface area contributed by atoms with Crippen LogP contribution in [-0.4, -0.2) is 29.9 Å². The molecule has 1 heterocycles. The number of amides is 1. The molecule has 1 aliphatic heterocycles. The third-order valence-electron chi connectivity index (χ3n) is 4.39. The van der Waals surface area contributed by atoms with E-state index in [0.717, 1.165) is 0 Å². The molecule has 0 aliphatic carbocycles. The number of aliphatic hydroxyl groups is 1. The van der Waals surface area contributed by atoms with Crippen LogP contribution in [0.3, 0.4) is 0 Å². The van der Waals surface area contributed by atoms with Crippen LogP contribution in [-0.2, 0) is 10.4 Å². The number of carbonyl (C=O) groups is 2. The van der Waals surface area contributed by atoms with Crippen LogP contribution in [0.5, 0.6) is 5.75 Å². The highest BCUT2D eigenvalue weighted by Gasteiger charge is 2.50. The molecule has 5 nitrogen and oxygen atoms in total. The molecule has 2 aromatic rings. The van der Waals surface area contributed by atoms with E-state index < -0.39 is 11.5 Å². The molecule has 0 aromatic heterocycles. The van der Waals surface area contributed by atoms with E-state index in [1.54, 1.807) is 48.5 Å². The first kappa shape index (κ1) is 17.7. The minimum atomic E-state index is -1.91. The number of ether oxygens (including phenoxy) is 1. The van der Waals surface area contributed by atoms with Crippen molar-refractivity contribution < 1.29 is 19.4 Å². The lowest BCUT2D eigenvalue weighted by Crippen LogP contribution is -2.42. The molecule has 3 rings (SSSR count). The van der Waals surface area contributed by atoms with Crippen molar-refractivity contribution in [3.05, 3.63) is 59.7 Å². The van der Waals surface area contributed by atoms with E-state index in [2.05, 4.69) is 5.92 Å². The highest BCUT2D eigenvalue weighted by molar-refractivity contribution is 6.11. The molecule has 132 valence electrons. The summed E-state index contributed by atoms with van der Waals surface area (Å²) < 4.78 is 5.36. The average molecular weight is 349 g/mol. The van der Waals surface area contributed by atoms with Crippen LogP contribution in [0, 0.1) is 12.3 Å². The Balaban J connectivity index is 1.89. The van der Waals surface area contributed by atoms with Gasteiger partial charge in [-0.3, -0.25) is 14.5 Å². The summed E-state index contributed by atoms with van der Waals surface area (Å²) in [5.74, 6) is 2.17. The zero-order valence-electron chi connectivity index (χ0n) is 14.4. The van der Waals surface area contributed by atoms with Gasteiger partial charge in [0.2, 0.25) is 0 Å². The third kappa shape index (κ3) is 2.96. The predicted octanol–water partition coefficient (Wildman–Crippen LogP) is 2.53. The van der Waals surface area contributed by atoms with Gasteiger partial charge in [0.25, 0.3) is 5.91 Å². The average Bonchev–Trinajstić information content (AvgIpc) is 2.85. The van der Waals surface area contributed by atoms with Gasteiger partial charge in [-0.25, -0.2) is 0 Å². The Morgan fingerprint density at radius 3 is 2.58 bits per heavy atom. The van der Waals surface area contributed by atoms with Gasteiger partial charge >= 0.3 is 0 Å². The van der Waals surface area contributed by atoms with E-state index in [1.807, 2.05) is 6.92 Å². The van der Waals surface area contributed by atoms with Gasteiger partial charge in [0, 0.05) is 11.1 Å². The fraction of sp³-hybridized carbons (Fsp3) is 0.238. The molecule has 0 radical (unpaired) electrons. The molecular weight excluding hydrogens is 330 g/mol. The fourth-order valence-electron chi connectivity index (χ4n) is 3.16. The number of nitrogens with zero attached hydrogens (tertiary/aromatic N) is 1. The molecule has 0 saturated heterocycles. The van der Waals surface area contributed by atoms with Gasteiger partial charge in [-0.15, -0.1) is 6.42 Å². The molecule has 1 unspecified atom stereocenters. The van der Waals surface area contributed by atoms with Crippen LogP contribution >= 0.6 is 0 Å². The van der Waals surface area contributed by atoms with E-state index >= 15 is 0 Å². The Morgan fingerprint density at radius 2 is 1.92 bits per heavy atom. The monoisotopic (exact) mass is 349 g/mol. The lowest BCUT2D eigenvalue weighted by atomic mass is 9.88. The van der Waals surface area contributed by atoms with E-state index in [-0.39, 0.29) is 18.7 Å². The van der Waals surface area contributed by atoms with Crippen LogP contribution in [0.2, 0.25) is 0 Å². The molecule has 1 amide bonds. The molecule has 1 N–H and O–H groups in total. The highest BCUT2D eigenvalue weighted by Crippen LogP contribution is 2.42. The third-order valence-corrected chi connectivity index (χ3v) is 4.39. The summed E-state index contributed by atoms with van der Waals surface area (Å²) in [5, 5.41) is 11.1. The van der Waals surface area contributed by atoms with Crippen molar-refractivity contribution >= 4 is 17.4 Å². The maximum atomic E-state index is 12.8. The van der Waals surface area contributed by atoms with E-state index in [0.29, 0.717) is 29.2 Å². The fourth-order valence-corrected chi connectivity index (χ4v) is 3.16. The summed E-state index contributed by atoms with van der Waals surface area (Å²) in [6.45, 7) is 2.44. The molecule has 1 aliphatic rings. The minimum absolute atomic E-state index is 0.0371. The molecular formula is C21H19NO4. The highest BCUT2D eigenvalue weighted by atomic mass is 16.5. The summed E-state index contributed by atoms with van der Waals surface area (Å²) in [6, 6.07) is 13.5. The number of rotatable bonds is 6. The summed E-state index contributed by atoms with van der Waals surface area (Å²) in [5.41, 5.74) is -0.567. The van der Waals surface area contributed by atoms with Crippen LogP contribution in [0.25, 0.3) is 0 Å². The Labute approximate surface area is 152 Å². The topological polar surface area (TPSA) is 66.8 Å². The Bertz CT molecular complexity index is 882. The zero-order chi connectivity index (χ0) is 18.7. The van der Waals surface area contributed by atoms with Gasteiger partial charge in [0.15, 0.2) is 11.4 Å². The smallest absolute Gasteiger partial charge is 0.265 e. The number of fused-ring (bicyclic) bond motifs is 1. The second kappa shape index (κ2) is 7.03. The first-order valence-corrected chi connectivity index (χ1v) is 8.34. The first-order chi connectivity index (χ1) is 12.5. The van der Waals surface area contributed by atoms with Gasteiger partial charge in [0.05, 0.1) is 25.3 Å². The van der Waals surface area contributed by atoms with E-state index in [1.165, 1.54) is 4.90 Å². The maximum Gasteiger partial charge on any atom is 0.265 e. The number of ketones is 1. The molecule has 1 atom stereocenters. The standard InChI is InChI=1S/C21H19NO4/c1-3-13-22-18-8-6-5-7-17(18)21(25,20(22)24)14-19(23)15-9-11-16(12-10-15)26-4-2/h1,5-12,25H,4,13-14H2,2H3. The second-order valence-corrected chi connectivity index (χ2v) is 6.03. The largest absolute Gasteiger partial charge is 0.494 e. The van der Waals surface area contributed by atoms with Gasteiger partial charge < -0.3 is 9.84 Å². The normalized spacial score (nSPS) is 18.3. The summed E-state index contributed by atoms with van der Waals surface area (Å²) in [7, 11) is 0. The quantitative estimate of drug-likeness (QED) is 0.643. The second-order valence-electron chi connectivity index (χ2n) is 6.03. The minimum Gasteiger partial charge on any atom is -0.494 e. The molecule has 26 heavy (non-hydrogen) atoms. The van der Waals surface area contributed by atoms with Crippen molar-refractivity contribution in [2.24, 2.45) is 0 Å². The van der Waals surface area contributed by atoms with Crippen LogP contribution in [0.1, 0.15) is 29.3 Å². The van der Waals surface area contributed by atoms with Crippen molar-refractivity contribution in [1.82, 2.24) is 0 Å². The van der Waals surface area contributed by atoms with Gasteiger partial charge in [-0.1, -0.05) is 24.1 Å². The summed E-state index contributed by atoms with van der Waals surface area (Å²) in [4.78, 5) is 26.8. The summed E-state index contributed by atoms with van der Waals surface area (Å²) >= 11 is 0. The predicted molar refractivity (Wildman–Crippen MR) is 98.1 cm³/mol. The van der Waals surface area contributed by atoms with Crippen LogP contribution in [0.15, 0.2) is 48.5 Å².